The number of nitrogens with one attached hydrogen (secondary N) is 4. The van der Waals surface area contributed by atoms with Crippen molar-refractivity contribution in [1.82, 2.24) is 20.8 Å². The Morgan fingerprint density at radius 2 is 1.81 bits per heavy atom. The van der Waals surface area contributed by atoms with Gasteiger partial charge in [-0.05, 0) is 61.7 Å². The molecule has 1 aliphatic carbocycles. The molecule has 140 valence electrons. The molecule has 0 saturated carbocycles. The monoisotopic (exact) mass is 404 g/mol. The van der Waals surface area contributed by atoms with Crippen LogP contribution in [0.15, 0.2) is 18.2 Å². The molecule has 3 aromatic rings. The first kappa shape index (κ1) is 17.9. The standard InChI is InChI=1S/C18H17FN4O2S2/c19-10-7-11(15-12(8-10)20-18(26)21-15)16(24)22-23-17(25)14-6-9-4-2-1-3-5-13(9)27-14/h6-8H,1-5H2,(H,22,24)(H,23,25)(H2,20,21,26). The Kier molecular flexibility index (Phi) is 4.79. The van der Waals surface area contributed by atoms with Crippen LogP contribution < -0.4 is 10.9 Å². The third-order valence-electron chi connectivity index (χ3n) is 4.59. The van der Waals surface area contributed by atoms with Crippen LogP contribution in [0.25, 0.3) is 11.0 Å². The van der Waals surface area contributed by atoms with Crippen molar-refractivity contribution in [2.75, 3.05) is 0 Å². The number of hydrazine groups is 1. The maximum Gasteiger partial charge on any atom is 0.279 e. The number of hydrogen-bond acceptors (Lipinski definition) is 4. The molecule has 0 atom stereocenters. The number of amides is 2. The van der Waals surface area contributed by atoms with Crippen LogP contribution in [0, 0.1) is 10.6 Å². The quantitative estimate of drug-likeness (QED) is 0.298. The molecule has 9 heteroatoms. The summed E-state index contributed by atoms with van der Waals surface area (Å²) < 4.78 is 14.0. The van der Waals surface area contributed by atoms with Gasteiger partial charge in [0, 0.05) is 4.88 Å². The summed E-state index contributed by atoms with van der Waals surface area (Å²) in [4.78, 5) is 32.2. The molecular formula is C18H17FN4O2S2. The number of aromatic nitrogens is 2. The first-order valence-corrected chi connectivity index (χ1v) is 9.87. The number of aryl methyl sites for hydroxylation is 2. The normalized spacial score (nSPS) is 13.8. The number of carbonyl (C=O) groups excluding carboxylic acids is 2. The minimum atomic E-state index is -0.629. The fraction of sp³-hybridized carbons (Fsp3) is 0.278. The molecule has 1 aromatic carbocycles. The maximum absolute atomic E-state index is 13.8. The lowest BCUT2D eigenvalue weighted by Crippen LogP contribution is -2.41. The van der Waals surface area contributed by atoms with E-state index in [1.807, 2.05) is 6.07 Å². The Labute approximate surface area is 163 Å². The van der Waals surface area contributed by atoms with E-state index in [1.165, 1.54) is 34.3 Å². The first-order chi connectivity index (χ1) is 13.0. The molecule has 2 heterocycles. The lowest BCUT2D eigenvalue weighted by Gasteiger charge is -2.07. The van der Waals surface area contributed by atoms with Gasteiger partial charge in [0.2, 0.25) is 0 Å². The molecule has 6 nitrogen and oxygen atoms in total. The molecule has 0 aliphatic heterocycles. The van der Waals surface area contributed by atoms with Crippen molar-refractivity contribution in [3.05, 3.63) is 49.7 Å². The number of imidazole rings is 1. The van der Waals surface area contributed by atoms with Crippen LogP contribution in [-0.2, 0) is 12.8 Å². The van der Waals surface area contributed by atoms with Crippen molar-refractivity contribution in [2.45, 2.75) is 32.1 Å². The molecule has 0 spiro atoms. The highest BCUT2D eigenvalue weighted by Gasteiger charge is 2.18. The molecule has 1 aliphatic rings. The zero-order valence-electron chi connectivity index (χ0n) is 14.3. The van der Waals surface area contributed by atoms with Gasteiger partial charge in [-0.2, -0.15) is 0 Å². The van der Waals surface area contributed by atoms with Gasteiger partial charge in [0.05, 0.1) is 21.5 Å². The number of benzene rings is 1. The fourth-order valence-electron chi connectivity index (χ4n) is 3.31. The molecule has 0 fully saturated rings. The second-order valence-corrected chi connectivity index (χ2v) is 8.03. The second kappa shape index (κ2) is 7.24. The summed E-state index contributed by atoms with van der Waals surface area (Å²) in [7, 11) is 0. The van der Waals surface area contributed by atoms with Gasteiger partial charge in [-0.15, -0.1) is 11.3 Å². The van der Waals surface area contributed by atoms with Crippen LogP contribution in [0.5, 0.6) is 0 Å². The average Bonchev–Trinajstić information content (AvgIpc) is 3.14. The van der Waals surface area contributed by atoms with E-state index in [4.69, 9.17) is 12.2 Å². The number of rotatable bonds is 2. The van der Waals surface area contributed by atoms with Gasteiger partial charge in [-0.3, -0.25) is 20.4 Å². The molecule has 0 radical (unpaired) electrons. The van der Waals surface area contributed by atoms with Gasteiger partial charge in [-0.1, -0.05) is 6.42 Å². The van der Waals surface area contributed by atoms with Gasteiger partial charge in [0.1, 0.15) is 5.82 Å². The molecule has 4 rings (SSSR count). The minimum Gasteiger partial charge on any atom is -0.331 e. The number of hydrogen-bond donors (Lipinski definition) is 4. The summed E-state index contributed by atoms with van der Waals surface area (Å²) in [6.07, 6.45) is 5.46. The Hall–Kier alpha value is -2.52. The number of carbonyl (C=O) groups is 2. The molecule has 4 N–H and O–H groups in total. The van der Waals surface area contributed by atoms with Crippen molar-refractivity contribution in [2.24, 2.45) is 0 Å². The summed E-state index contributed by atoms with van der Waals surface area (Å²) >= 11 is 6.46. The van der Waals surface area contributed by atoms with Crippen LogP contribution in [0.1, 0.15) is 49.7 Å². The van der Waals surface area contributed by atoms with Crippen LogP contribution in [0.3, 0.4) is 0 Å². The fourth-order valence-corrected chi connectivity index (χ4v) is 4.67. The van der Waals surface area contributed by atoms with Crippen molar-refractivity contribution in [3.8, 4) is 0 Å². The van der Waals surface area contributed by atoms with Crippen molar-refractivity contribution in [3.63, 3.8) is 0 Å². The number of fused-ring (bicyclic) bond motifs is 2. The molecule has 0 saturated heterocycles. The molecule has 0 bridgehead atoms. The summed E-state index contributed by atoms with van der Waals surface area (Å²) in [6, 6.07) is 4.24. The first-order valence-electron chi connectivity index (χ1n) is 8.65. The highest BCUT2D eigenvalue weighted by Crippen LogP contribution is 2.28. The van der Waals surface area contributed by atoms with Gasteiger partial charge in [-0.25, -0.2) is 4.39 Å². The third kappa shape index (κ3) is 3.65. The molecule has 2 aromatic heterocycles. The van der Waals surface area contributed by atoms with Crippen molar-refractivity contribution >= 4 is 46.4 Å². The Morgan fingerprint density at radius 1 is 1.04 bits per heavy atom. The SMILES string of the molecule is O=C(NNC(=O)c1cc(F)cc2[nH]c(=S)[nH]c12)c1cc2c(s1)CCCCC2. The average molecular weight is 404 g/mol. The molecule has 2 amide bonds. The largest absolute Gasteiger partial charge is 0.331 e. The van der Waals surface area contributed by atoms with Crippen LogP contribution in [0.2, 0.25) is 0 Å². The van der Waals surface area contributed by atoms with Crippen LogP contribution >= 0.6 is 23.6 Å². The number of halogens is 1. The van der Waals surface area contributed by atoms with Crippen molar-refractivity contribution < 1.29 is 14.0 Å². The summed E-state index contributed by atoms with van der Waals surface area (Å²) in [6.45, 7) is 0. The Bertz CT molecular complexity index is 1080. The molecule has 27 heavy (non-hydrogen) atoms. The van der Waals surface area contributed by atoms with E-state index in [-0.39, 0.29) is 16.2 Å². The van der Waals surface area contributed by atoms with E-state index in [1.54, 1.807) is 0 Å². The van der Waals surface area contributed by atoms with Gasteiger partial charge >= 0.3 is 0 Å². The van der Waals surface area contributed by atoms with E-state index in [0.29, 0.717) is 15.9 Å². The second-order valence-electron chi connectivity index (χ2n) is 6.48. The van der Waals surface area contributed by atoms with Crippen LogP contribution in [-0.4, -0.2) is 21.8 Å². The Morgan fingerprint density at radius 3 is 2.67 bits per heavy atom. The summed E-state index contributed by atoms with van der Waals surface area (Å²) in [5, 5.41) is 0. The zero-order chi connectivity index (χ0) is 19.0. The zero-order valence-corrected chi connectivity index (χ0v) is 15.9. The lowest BCUT2D eigenvalue weighted by molar-refractivity contribution is 0.0849. The predicted molar refractivity (Wildman–Crippen MR) is 104 cm³/mol. The maximum atomic E-state index is 13.8. The van der Waals surface area contributed by atoms with Gasteiger partial charge < -0.3 is 9.97 Å². The van der Waals surface area contributed by atoms with Crippen LogP contribution in [0.4, 0.5) is 4.39 Å². The van der Waals surface area contributed by atoms with Crippen molar-refractivity contribution in [1.29, 1.82) is 0 Å². The summed E-state index contributed by atoms with van der Waals surface area (Å²) in [5.74, 6) is -1.58. The number of thiophene rings is 1. The highest BCUT2D eigenvalue weighted by molar-refractivity contribution is 7.71. The molecule has 0 unspecified atom stereocenters. The minimum absolute atomic E-state index is 0.0552. The number of aromatic amines is 2. The summed E-state index contributed by atoms with van der Waals surface area (Å²) in [5.41, 5.74) is 6.82. The van der Waals surface area contributed by atoms with E-state index >= 15 is 0 Å². The predicted octanol–water partition coefficient (Wildman–Crippen LogP) is 3.77. The third-order valence-corrected chi connectivity index (χ3v) is 6.03. The van der Waals surface area contributed by atoms with E-state index in [9.17, 15) is 14.0 Å². The lowest BCUT2D eigenvalue weighted by atomic mass is 10.1. The van der Waals surface area contributed by atoms with E-state index in [0.717, 1.165) is 31.7 Å². The Balaban J connectivity index is 1.50. The topological polar surface area (TPSA) is 89.8 Å². The highest BCUT2D eigenvalue weighted by atomic mass is 32.1. The van der Waals surface area contributed by atoms with E-state index < -0.39 is 11.7 Å². The smallest absolute Gasteiger partial charge is 0.279 e. The van der Waals surface area contributed by atoms with Gasteiger partial charge in [0.25, 0.3) is 11.8 Å². The van der Waals surface area contributed by atoms with E-state index in [2.05, 4.69) is 20.8 Å². The molecular weight excluding hydrogens is 387 g/mol. The number of H-pyrrole nitrogens is 2. The van der Waals surface area contributed by atoms with Gasteiger partial charge in [0.15, 0.2) is 4.77 Å².